The van der Waals surface area contributed by atoms with Gasteiger partial charge in [-0.1, -0.05) is 15.9 Å². The molecule has 1 N–H and O–H groups in total. The lowest BCUT2D eigenvalue weighted by Crippen LogP contribution is -2.27. The maximum absolute atomic E-state index is 9.68. The first-order chi connectivity index (χ1) is 3.66. The maximum Gasteiger partial charge on any atom is 0.0689 e. The molecular weight excluding hydrogens is 176 g/mol. The number of rotatable bonds is 3. The molecule has 0 aromatic carbocycles. The van der Waals surface area contributed by atoms with Crippen LogP contribution in [-0.2, 0) is 4.79 Å². The van der Waals surface area contributed by atoms with Gasteiger partial charge in [0.25, 0.3) is 0 Å². The molecular formula is C4H6BrO3-. The van der Waals surface area contributed by atoms with Gasteiger partial charge >= 0.3 is 0 Å². The van der Waals surface area contributed by atoms with Gasteiger partial charge in [-0.3, -0.25) is 0 Å². The van der Waals surface area contributed by atoms with Gasteiger partial charge in [0.1, 0.15) is 0 Å². The van der Waals surface area contributed by atoms with Gasteiger partial charge in [-0.25, -0.2) is 0 Å². The molecule has 3 nitrogen and oxygen atoms in total. The Labute approximate surface area is 55.5 Å². The highest BCUT2D eigenvalue weighted by molar-refractivity contribution is 9.09. The number of carbonyl (C=O) groups is 1. The third-order valence-corrected chi connectivity index (χ3v) is 1.33. The van der Waals surface area contributed by atoms with Gasteiger partial charge < -0.3 is 15.0 Å². The zero-order valence-electron chi connectivity index (χ0n) is 4.13. The van der Waals surface area contributed by atoms with E-state index in [1.165, 1.54) is 0 Å². The molecule has 0 saturated carbocycles. The van der Waals surface area contributed by atoms with E-state index >= 15 is 0 Å². The molecule has 0 aliphatic rings. The van der Waals surface area contributed by atoms with Crippen LogP contribution in [-0.4, -0.2) is 22.5 Å². The molecule has 0 bridgehead atoms. The van der Waals surface area contributed by atoms with Crippen LogP contribution in [0.25, 0.3) is 0 Å². The first-order valence-corrected chi connectivity index (χ1v) is 3.23. The van der Waals surface area contributed by atoms with Gasteiger partial charge in [0.05, 0.1) is 6.10 Å². The zero-order chi connectivity index (χ0) is 6.57. The molecule has 0 spiro atoms. The fraction of sp³-hybridized carbons (Fsp3) is 0.750. The average Bonchev–Trinajstić information content (AvgIpc) is 1.65. The Hall–Kier alpha value is -0.0900. The molecule has 0 saturated heterocycles. The minimum absolute atomic E-state index is 0.279. The normalized spacial score (nSPS) is 13.2. The van der Waals surface area contributed by atoms with Crippen LogP contribution in [0, 0.1) is 0 Å². The molecule has 0 aliphatic heterocycles. The Kier molecular flexibility index (Phi) is 3.81. The second-order valence-corrected chi connectivity index (χ2v) is 2.03. The van der Waals surface area contributed by atoms with E-state index in [1.807, 2.05) is 0 Å². The van der Waals surface area contributed by atoms with Crippen LogP contribution in [0.3, 0.4) is 0 Å². The van der Waals surface area contributed by atoms with Crippen molar-refractivity contribution in [2.24, 2.45) is 0 Å². The Morgan fingerprint density at radius 3 is 2.50 bits per heavy atom. The second-order valence-electron chi connectivity index (χ2n) is 1.38. The van der Waals surface area contributed by atoms with Crippen molar-refractivity contribution in [3.8, 4) is 0 Å². The molecule has 0 heterocycles. The lowest BCUT2D eigenvalue weighted by molar-refractivity contribution is -0.307. The van der Waals surface area contributed by atoms with Crippen molar-refractivity contribution in [2.45, 2.75) is 12.5 Å². The summed E-state index contributed by atoms with van der Waals surface area (Å²) < 4.78 is 0. The first-order valence-electron chi connectivity index (χ1n) is 2.10. The Balaban J connectivity index is 3.24. The molecule has 8 heavy (non-hydrogen) atoms. The molecule has 0 aromatic rings. The van der Waals surface area contributed by atoms with E-state index in [2.05, 4.69) is 15.9 Å². The van der Waals surface area contributed by atoms with Gasteiger partial charge in [-0.2, -0.15) is 0 Å². The average molecular weight is 182 g/mol. The van der Waals surface area contributed by atoms with Gasteiger partial charge in [0.15, 0.2) is 0 Å². The lowest BCUT2D eigenvalue weighted by atomic mass is 10.3. The smallest absolute Gasteiger partial charge is 0.0689 e. The van der Waals surface area contributed by atoms with Crippen LogP contribution in [0.2, 0.25) is 0 Å². The van der Waals surface area contributed by atoms with Crippen molar-refractivity contribution in [3.63, 3.8) is 0 Å². The quantitative estimate of drug-likeness (QED) is 0.562. The van der Waals surface area contributed by atoms with Crippen molar-refractivity contribution in [2.75, 3.05) is 5.33 Å². The van der Waals surface area contributed by atoms with Gasteiger partial charge in [-0.15, -0.1) is 0 Å². The standard InChI is InChI=1S/C4H7BrO3/c5-2-3(6)1-4(7)8/h3,6H,1-2H2,(H,7,8)/p-1. The number of aliphatic hydroxyl groups is 1. The number of hydrogen-bond acceptors (Lipinski definition) is 3. The summed E-state index contributed by atoms with van der Waals surface area (Å²) in [6, 6.07) is 0. The number of aliphatic hydroxyl groups excluding tert-OH is 1. The number of carboxylic acids is 1. The lowest BCUT2D eigenvalue weighted by Gasteiger charge is -2.05. The summed E-state index contributed by atoms with van der Waals surface area (Å²) >= 11 is 2.90. The number of carboxylic acid groups (broad SMARTS) is 1. The van der Waals surface area contributed by atoms with Crippen LogP contribution >= 0.6 is 15.9 Å². The number of halogens is 1. The highest BCUT2D eigenvalue weighted by Crippen LogP contribution is 1.93. The number of carbonyl (C=O) groups excluding carboxylic acids is 1. The summed E-state index contributed by atoms with van der Waals surface area (Å²) in [7, 11) is 0. The first kappa shape index (κ1) is 7.91. The number of hydrogen-bond donors (Lipinski definition) is 1. The number of aliphatic carboxylic acids is 1. The van der Waals surface area contributed by atoms with E-state index in [0.29, 0.717) is 0 Å². The highest BCUT2D eigenvalue weighted by atomic mass is 79.9. The number of alkyl halides is 1. The van der Waals surface area contributed by atoms with Crippen LogP contribution in [0.15, 0.2) is 0 Å². The molecule has 1 atom stereocenters. The van der Waals surface area contributed by atoms with Crippen LogP contribution in [0.5, 0.6) is 0 Å². The Morgan fingerprint density at radius 1 is 1.88 bits per heavy atom. The maximum atomic E-state index is 9.68. The summed E-state index contributed by atoms with van der Waals surface area (Å²) in [5.74, 6) is -1.23. The van der Waals surface area contributed by atoms with Crippen LogP contribution < -0.4 is 5.11 Å². The van der Waals surface area contributed by atoms with E-state index in [9.17, 15) is 9.90 Å². The van der Waals surface area contributed by atoms with Gasteiger partial charge in [-0.05, 0) is 0 Å². The Morgan fingerprint density at radius 2 is 2.38 bits per heavy atom. The molecule has 0 fully saturated rings. The van der Waals surface area contributed by atoms with E-state index in [0.717, 1.165) is 0 Å². The van der Waals surface area contributed by atoms with Crippen molar-refractivity contribution in [1.82, 2.24) is 0 Å². The highest BCUT2D eigenvalue weighted by Gasteiger charge is 1.99. The van der Waals surface area contributed by atoms with Crippen molar-refractivity contribution < 1.29 is 15.0 Å². The van der Waals surface area contributed by atoms with E-state index in [4.69, 9.17) is 5.11 Å². The summed E-state index contributed by atoms with van der Waals surface area (Å²) in [5.41, 5.74) is 0. The minimum Gasteiger partial charge on any atom is -0.550 e. The summed E-state index contributed by atoms with van der Waals surface area (Å²) in [6.07, 6.45) is -1.12. The molecule has 1 unspecified atom stereocenters. The molecule has 48 valence electrons. The zero-order valence-corrected chi connectivity index (χ0v) is 5.72. The summed E-state index contributed by atoms with van der Waals surface area (Å²) in [5, 5.41) is 18.5. The van der Waals surface area contributed by atoms with Crippen molar-refractivity contribution in [3.05, 3.63) is 0 Å². The molecule has 0 radical (unpaired) electrons. The fourth-order valence-corrected chi connectivity index (χ4v) is 0.476. The van der Waals surface area contributed by atoms with Crippen LogP contribution in [0.1, 0.15) is 6.42 Å². The predicted molar refractivity (Wildman–Crippen MR) is 29.4 cm³/mol. The summed E-state index contributed by atoms with van der Waals surface area (Å²) in [4.78, 5) is 9.68. The monoisotopic (exact) mass is 181 g/mol. The molecule has 0 rings (SSSR count). The topological polar surface area (TPSA) is 60.4 Å². The molecule has 0 amide bonds. The SMILES string of the molecule is O=C([O-])CC(O)CBr. The third kappa shape index (κ3) is 4.08. The van der Waals surface area contributed by atoms with Gasteiger partial charge in [0.2, 0.25) is 0 Å². The Bertz CT molecular complexity index is 83.4. The minimum atomic E-state index is -1.23. The molecule has 4 heteroatoms. The largest absolute Gasteiger partial charge is 0.550 e. The van der Waals surface area contributed by atoms with Crippen molar-refractivity contribution >= 4 is 21.9 Å². The van der Waals surface area contributed by atoms with Crippen molar-refractivity contribution in [1.29, 1.82) is 0 Å². The third-order valence-electron chi connectivity index (χ3n) is 0.580. The van der Waals surface area contributed by atoms with E-state index < -0.39 is 12.1 Å². The fourth-order valence-electron chi connectivity index (χ4n) is 0.247. The predicted octanol–water partition coefficient (Wildman–Crippen LogP) is -1.12. The molecule has 0 aliphatic carbocycles. The van der Waals surface area contributed by atoms with E-state index in [1.54, 1.807) is 0 Å². The summed E-state index contributed by atoms with van der Waals surface area (Å²) in [6.45, 7) is 0. The van der Waals surface area contributed by atoms with Gasteiger partial charge in [0, 0.05) is 17.7 Å². The van der Waals surface area contributed by atoms with E-state index in [-0.39, 0.29) is 11.8 Å². The molecule has 0 aromatic heterocycles. The second kappa shape index (κ2) is 3.86. The van der Waals surface area contributed by atoms with Crippen LogP contribution in [0.4, 0.5) is 0 Å².